The first-order chi connectivity index (χ1) is 17.5. The molecule has 1 amide bonds. The van der Waals surface area contributed by atoms with Crippen LogP contribution in [0.3, 0.4) is 0 Å². The van der Waals surface area contributed by atoms with E-state index in [-0.39, 0.29) is 24.5 Å². The lowest BCUT2D eigenvalue weighted by molar-refractivity contribution is -0.130. The normalized spacial score (nSPS) is 15.5. The van der Waals surface area contributed by atoms with Gasteiger partial charge in [0.05, 0.1) is 23.4 Å². The summed E-state index contributed by atoms with van der Waals surface area (Å²) in [5.41, 5.74) is 1.94. The Morgan fingerprint density at radius 2 is 1.81 bits per heavy atom. The Hall–Kier alpha value is -4.72. The van der Waals surface area contributed by atoms with Crippen molar-refractivity contribution in [2.75, 3.05) is 6.61 Å². The second-order valence-electron chi connectivity index (χ2n) is 8.25. The zero-order chi connectivity index (χ0) is 25.2. The van der Waals surface area contributed by atoms with Gasteiger partial charge in [-0.3, -0.25) is 14.6 Å². The Balaban J connectivity index is 1.50. The van der Waals surface area contributed by atoms with Crippen LogP contribution in [-0.4, -0.2) is 39.3 Å². The van der Waals surface area contributed by atoms with Gasteiger partial charge in [-0.25, -0.2) is 4.79 Å². The lowest BCUT2D eigenvalue weighted by atomic mass is 9.98. The molecule has 5 rings (SSSR count). The number of benzene rings is 2. The van der Waals surface area contributed by atoms with Crippen LogP contribution in [0.1, 0.15) is 45.1 Å². The summed E-state index contributed by atoms with van der Waals surface area (Å²) in [4.78, 5) is 44.5. The fraction of sp³-hybridized carbons (Fsp3) is 0.143. The molecule has 1 aliphatic heterocycles. The van der Waals surface area contributed by atoms with Crippen LogP contribution in [0.25, 0.3) is 11.0 Å². The van der Waals surface area contributed by atoms with Crippen LogP contribution in [-0.2, 0) is 16.1 Å². The molecule has 0 spiro atoms. The van der Waals surface area contributed by atoms with Gasteiger partial charge in [0, 0.05) is 18.1 Å². The quantitative estimate of drug-likeness (QED) is 0.298. The van der Waals surface area contributed by atoms with Crippen LogP contribution in [0, 0.1) is 0 Å². The number of amides is 1. The van der Waals surface area contributed by atoms with Crippen molar-refractivity contribution in [1.29, 1.82) is 0 Å². The maximum Gasteiger partial charge on any atom is 0.338 e. The third-order valence-corrected chi connectivity index (χ3v) is 5.98. The highest BCUT2D eigenvalue weighted by molar-refractivity contribution is 6.15. The second kappa shape index (κ2) is 9.50. The molecule has 8 heteroatoms. The Morgan fingerprint density at radius 1 is 1.06 bits per heavy atom. The number of aromatic nitrogens is 1. The van der Waals surface area contributed by atoms with E-state index >= 15 is 0 Å². The number of carbonyl (C=O) groups excluding carboxylic acids is 3. The molecule has 1 N–H and O–H groups in total. The average molecular weight is 482 g/mol. The molecular formula is C28H22N2O6. The van der Waals surface area contributed by atoms with Crippen molar-refractivity contribution in [2.24, 2.45) is 0 Å². The topological polar surface area (TPSA) is 110 Å². The minimum atomic E-state index is -0.927. The Kier molecular flexibility index (Phi) is 6.08. The monoisotopic (exact) mass is 482 g/mol. The second-order valence-corrected chi connectivity index (χ2v) is 8.25. The van der Waals surface area contributed by atoms with E-state index < -0.39 is 29.5 Å². The summed E-state index contributed by atoms with van der Waals surface area (Å²) in [6, 6.07) is 19.6. The van der Waals surface area contributed by atoms with E-state index in [1.165, 1.54) is 4.90 Å². The lowest BCUT2D eigenvalue weighted by Crippen LogP contribution is -2.31. The number of ether oxygens (including phenoxy) is 1. The number of esters is 1. The van der Waals surface area contributed by atoms with Gasteiger partial charge in [0.25, 0.3) is 5.91 Å². The van der Waals surface area contributed by atoms with Crippen molar-refractivity contribution in [3.05, 3.63) is 113 Å². The third-order valence-electron chi connectivity index (χ3n) is 5.98. The number of hydrogen-bond acceptors (Lipinski definition) is 7. The van der Waals surface area contributed by atoms with E-state index in [0.29, 0.717) is 22.4 Å². The van der Waals surface area contributed by atoms with Gasteiger partial charge in [-0.1, -0.05) is 36.4 Å². The molecule has 0 saturated carbocycles. The first kappa shape index (κ1) is 23.0. The number of pyridine rings is 1. The first-order valence-electron chi connectivity index (χ1n) is 11.4. The molecule has 0 fully saturated rings. The lowest BCUT2D eigenvalue weighted by Gasteiger charge is -2.26. The number of para-hydroxylation sites is 1. The number of ketones is 1. The molecule has 0 radical (unpaired) electrons. The molecule has 36 heavy (non-hydrogen) atoms. The first-order valence-corrected chi connectivity index (χ1v) is 11.4. The van der Waals surface area contributed by atoms with Gasteiger partial charge in [-0.15, -0.1) is 0 Å². The van der Waals surface area contributed by atoms with Gasteiger partial charge < -0.3 is 19.2 Å². The predicted octanol–water partition coefficient (Wildman–Crippen LogP) is 4.78. The highest BCUT2D eigenvalue weighted by atomic mass is 16.5. The van der Waals surface area contributed by atoms with Gasteiger partial charge in [0.1, 0.15) is 11.6 Å². The third kappa shape index (κ3) is 4.13. The fourth-order valence-corrected chi connectivity index (χ4v) is 4.28. The van der Waals surface area contributed by atoms with E-state index in [1.54, 1.807) is 73.8 Å². The number of rotatable bonds is 7. The highest BCUT2D eigenvalue weighted by Crippen LogP contribution is 2.39. The number of furan rings is 1. The molecule has 1 atom stereocenters. The molecule has 0 aliphatic carbocycles. The van der Waals surface area contributed by atoms with Gasteiger partial charge in [0.15, 0.2) is 11.5 Å². The standard InChI is InChI=1S/C28H22N2O6/c1-2-35-28(34)18-12-10-17(11-13-18)16-30-24(20-8-5-6-14-29-20)23(26(32)27(30)33)25(31)22-15-19-7-3-4-9-21(19)36-22/h3-15,24,32H,2,16H2,1H3. The number of hydrogen-bond donors (Lipinski definition) is 1. The molecule has 180 valence electrons. The molecule has 2 aromatic heterocycles. The van der Waals surface area contributed by atoms with Crippen LogP contribution in [0.15, 0.2) is 94.7 Å². The number of fused-ring (bicyclic) bond motifs is 1. The molecule has 8 nitrogen and oxygen atoms in total. The van der Waals surface area contributed by atoms with Crippen molar-refractivity contribution in [3.63, 3.8) is 0 Å². The van der Waals surface area contributed by atoms with Crippen molar-refractivity contribution in [3.8, 4) is 0 Å². The number of aliphatic hydroxyl groups excluding tert-OH is 1. The van der Waals surface area contributed by atoms with Gasteiger partial charge in [-0.05, 0) is 48.9 Å². The van der Waals surface area contributed by atoms with E-state index in [2.05, 4.69) is 4.98 Å². The molecule has 0 saturated heterocycles. The maximum atomic E-state index is 13.6. The summed E-state index contributed by atoms with van der Waals surface area (Å²) < 4.78 is 10.7. The van der Waals surface area contributed by atoms with Crippen LogP contribution < -0.4 is 0 Å². The van der Waals surface area contributed by atoms with Crippen molar-refractivity contribution in [2.45, 2.75) is 19.5 Å². The van der Waals surface area contributed by atoms with Gasteiger partial charge in [0.2, 0.25) is 5.78 Å². The van der Waals surface area contributed by atoms with Crippen molar-refractivity contribution in [1.82, 2.24) is 9.88 Å². The average Bonchev–Trinajstić information content (AvgIpc) is 3.44. The van der Waals surface area contributed by atoms with Crippen molar-refractivity contribution >= 4 is 28.6 Å². The SMILES string of the molecule is CCOC(=O)c1ccc(CN2C(=O)C(O)=C(C(=O)c3cc4ccccc4o3)C2c2ccccn2)cc1. The summed E-state index contributed by atoms with van der Waals surface area (Å²) in [6.07, 6.45) is 1.56. The largest absolute Gasteiger partial charge is 0.503 e. The molecule has 1 unspecified atom stereocenters. The fourth-order valence-electron chi connectivity index (χ4n) is 4.28. The molecule has 1 aliphatic rings. The number of aliphatic hydroxyl groups is 1. The van der Waals surface area contributed by atoms with Crippen LogP contribution >= 0.6 is 0 Å². The number of carbonyl (C=O) groups is 3. The zero-order valence-corrected chi connectivity index (χ0v) is 19.4. The molecular weight excluding hydrogens is 460 g/mol. The Morgan fingerprint density at radius 3 is 2.50 bits per heavy atom. The van der Waals surface area contributed by atoms with Crippen LogP contribution in [0.5, 0.6) is 0 Å². The highest BCUT2D eigenvalue weighted by Gasteiger charge is 2.45. The van der Waals surface area contributed by atoms with E-state index in [1.807, 2.05) is 12.1 Å². The molecule has 4 aromatic rings. The van der Waals surface area contributed by atoms with E-state index in [0.717, 1.165) is 5.39 Å². The molecule has 3 heterocycles. The number of nitrogens with zero attached hydrogens (tertiary/aromatic N) is 2. The van der Waals surface area contributed by atoms with E-state index in [9.17, 15) is 19.5 Å². The number of Topliss-reactive ketones (excluding diaryl/α,β-unsaturated/α-hetero) is 1. The Labute approximate surface area is 206 Å². The molecule has 2 aromatic carbocycles. The van der Waals surface area contributed by atoms with Crippen molar-refractivity contribution < 1.29 is 28.6 Å². The van der Waals surface area contributed by atoms with E-state index in [4.69, 9.17) is 9.15 Å². The van der Waals surface area contributed by atoms with Gasteiger partial charge >= 0.3 is 5.97 Å². The van der Waals surface area contributed by atoms with Crippen LogP contribution in [0.2, 0.25) is 0 Å². The summed E-state index contributed by atoms with van der Waals surface area (Å²) in [5.74, 6) is -2.34. The van der Waals surface area contributed by atoms with Crippen LogP contribution in [0.4, 0.5) is 0 Å². The van der Waals surface area contributed by atoms with Gasteiger partial charge in [-0.2, -0.15) is 0 Å². The summed E-state index contributed by atoms with van der Waals surface area (Å²) in [7, 11) is 0. The maximum absolute atomic E-state index is 13.6. The summed E-state index contributed by atoms with van der Waals surface area (Å²) in [5, 5.41) is 11.6. The predicted molar refractivity (Wildman–Crippen MR) is 130 cm³/mol. The molecule has 0 bridgehead atoms. The Bertz CT molecular complexity index is 1450. The minimum Gasteiger partial charge on any atom is -0.503 e. The minimum absolute atomic E-state index is 0.0205. The summed E-state index contributed by atoms with van der Waals surface area (Å²) in [6.45, 7) is 2.07. The summed E-state index contributed by atoms with van der Waals surface area (Å²) >= 11 is 0. The smallest absolute Gasteiger partial charge is 0.338 e. The zero-order valence-electron chi connectivity index (χ0n) is 19.4.